The molecule has 0 unspecified atom stereocenters. The second-order valence-corrected chi connectivity index (χ2v) is 4.31. The van der Waals surface area contributed by atoms with E-state index in [0.29, 0.717) is 12.5 Å². The number of carbonyl (C=O) groups is 1. The van der Waals surface area contributed by atoms with Crippen molar-refractivity contribution >= 4 is 11.7 Å². The van der Waals surface area contributed by atoms with Crippen LogP contribution in [0, 0.1) is 11.7 Å². The van der Waals surface area contributed by atoms with Crippen molar-refractivity contribution in [1.82, 2.24) is 5.32 Å². The number of halogens is 1. The quantitative estimate of drug-likeness (QED) is 0.750. The highest BCUT2D eigenvalue weighted by Gasteiger charge is 2.27. The minimum absolute atomic E-state index is 0.165. The molecule has 0 spiro atoms. The second kappa shape index (κ2) is 5.14. The number of rotatable bonds is 3. The van der Waals surface area contributed by atoms with Gasteiger partial charge < -0.3 is 15.7 Å². The first-order valence-corrected chi connectivity index (χ1v) is 5.62. The Morgan fingerprint density at radius 1 is 1.41 bits per heavy atom. The van der Waals surface area contributed by atoms with Gasteiger partial charge in [0.05, 0.1) is 11.8 Å². The van der Waals surface area contributed by atoms with Crippen molar-refractivity contribution in [3.05, 3.63) is 30.1 Å². The Morgan fingerprint density at radius 3 is 2.76 bits per heavy atom. The lowest BCUT2D eigenvalue weighted by atomic mass is 9.82. The smallest absolute Gasteiger partial charge is 0.319 e. The molecule has 1 aromatic carbocycles. The van der Waals surface area contributed by atoms with Crippen molar-refractivity contribution in [2.24, 2.45) is 5.92 Å². The number of aliphatic hydroxyl groups excluding tert-OH is 1. The van der Waals surface area contributed by atoms with Gasteiger partial charge in [0.2, 0.25) is 0 Å². The minimum Gasteiger partial charge on any atom is -0.393 e. The van der Waals surface area contributed by atoms with Crippen LogP contribution in [0.5, 0.6) is 0 Å². The van der Waals surface area contributed by atoms with E-state index in [-0.39, 0.29) is 11.8 Å². The molecule has 0 aromatic heterocycles. The Hall–Kier alpha value is -1.62. The number of urea groups is 1. The van der Waals surface area contributed by atoms with Crippen LogP contribution in [0.25, 0.3) is 0 Å². The van der Waals surface area contributed by atoms with Crippen LogP contribution in [0.4, 0.5) is 14.9 Å². The zero-order valence-corrected chi connectivity index (χ0v) is 9.32. The maximum absolute atomic E-state index is 13.2. The molecule has 92 valence electrons. The molecule has 0 heterocycles. The maximum Gasteiger partial charge on any atom is 0.319 e. The zero-order chi connectivity index (χ0) is 12.3. The van der Waals surface area contributed by atoms with Gasteiger partial charge in [0.25, 0.3) is 0 Å². The highest BCUT2D eigenvalue weighted by atomic mass is 19.1. The third kappa shape index (κ3) is 3.17. The molecule has 1 aromatic rings. The van der Waals surface area contributed by atoms with Gasteiger partial charge in [-0.15, -0.1) is 0 Å². The van der Waals surface area contributed by atoms with Crippen LogP contribution in [-0.2, 0) is 0 Å². The number of benzene rings is 1. The normalized spacial score (nSPS) is 22.7. The summed E-state index contributed by atoms with van der Waals surface area (Å²) in [5.74, 6) is -0.127. The first-order valence-electron chi connectivity index (χ1n) is 5.62. The molecular formula is C12H15FN2O2. The summed E-state index contributed by atoms with van der Waals surface area (Å²) in [6.45, 7) is 0.511. The minimum atomic E-state index is -0.457. The molecule has 2 rings (SSSR count). The van der Waals surface area contributed by atoms with Crippen LogP contribution in [0.15, 0.2) is 24.3 Å². The molecule has 1 aliphatic carbocycles. The van der Waals surface area contributed by atoms with Crippen molar-refractivity contribution in [3.63, 3.8) is 0 Å². The van der Waals surface area contributed by atoms with Gasteiger partial charge in [0.15, 0.2) is 0 Å². The molecule has 0 bridgehead atoms. The van der Waals surface area contributed by atoms with E-state index >= 15 is 0 Å². The Kier molecular flexibility index (Phi) is 3.58. The predicted octanol–water partition coefficient (Wildman–Crippen LogP) is 1.72. The van der Waals surface area contributed by atoms with Gasteiger partial charge in [0, 0.05) is 6.54 Å². The molecule has 1 fully saturated rings. The Morgan fingerprint density at radius 2 is 2.12 bits per heavy atom. The molecule has 4 nitrogen and oxygen atoms in total. The van der Waals surface area contributed by atoms with Gasteiger partial charge in [-0.1, -0.05) is 12.1 Å². The van der Waals surface area contributed by atoms with Gasteiger partial charge in [-0.2, -0.15) is 0 Å². The number of hydrogen-bond acceptors (Lipinski definition) is 2. The van der Waals surface area contributed by atoms with Crippen LogP contribution in [-0.4, -0.2) is 23.8 Å². The Balaban J connectivity index is 1.76. The summed E-state index contributed by atoms with van der Waals surface area (Å²) in [5.41, 5.74) is 0.165. The number of anilines is 1. The third-order valence-electron chi connectivity index (χ3n) is 2.88. The summed E-state index contributed by atoms with van der Waals surface area (Å²) >= 11 is 0. The average molecular weight is 238 g/mol. The molecular weight excluding hydrogens is 223 g/mol. The van der Waals surface area contributed by atoms with E-state index in [0.717, 1.165) is 12.8 Å². The molecule has 5 heteroatoms. The summed E-state index contributed by atoms with van der Waals surface area (Å²) in [6.07, 6.45) is 1.22. The van der Waals surface area contributed by atoms with Gasteiger partial charge in [0.1, 0.15) is 5.82 Å². The number of amides is 2. The van der Waals surface area contributed by atoms with Crippen molar-refractivity contribution < 1.29 is 14.3 Å². The lowest BCUT2D eigenvalue weighted by Crippen LogP contribution is -2.40. The molecule has 2 amide bonds. The SMILES string of the molecule is O=C(NCC1CC(O)C1)Nc1ccccc1F. The standard InChI is InChI=1S/C12H15FN2O2/c13-10-3-1-2-4-11(10)15-12(17)14-7-8-5-9(16)6-8/h1-4,8-9,16H,5-7H2,(H2,14,15,17). The number of hydrogen-bond donors (Lipinski definition) is 3. The van der Waals surface area contributed by atoms with E-state index in [4.69, 9.17) is 5.11 Å². The molecule has 0 radical (unpaired) electrons. The van der Waals surface area contributed by atoms with E-state index in [9.17, 15) is 9.18 Å². The first kappa shape index (κ1) is 11.9. The van der Waals surface area contributed by atoms with Crippen LogP contribution in [0.3, 0.4) is 0 Å². The Bertz CT molecular complexity index is 405. The number of aliphatic hydroxyl groups is 1. The van der Waals surface area contributed by atoms with Gasteiger partial charge >= 0.3 is 6.03 Å². The van der Waals surface area contributed by atoms with E-state index in [2.05, 4.69) is 10.6 Å². The topological polar surface area (TPSA) is 61.4 Å². The highest BCUT2D eigenvalue weighted by molar-refractivity contribution is 5.89. The van der Waals surface area contributed by atoms with E-state index in [1.165, 1.54) is 12.1 Å². The summed E-state index contributed by atoms with van der Waals surface area (Å²) in [7, 11) is 0. The summed E-state index contributed by atoms with van der Waals surface area (Å²) in [4.78, 5) is 11.4. The molecule has 3 N–H and O–H groups in total. The molecule has 0 aliphatic heterocycles. The van der Waals surface area contributed by atoms with Crippen LogP contribution in [0.1, 0.15) is 12.8 Å². The van der Waals surface area contributed by atoms with Gasteiger partial charge in [-0.05, 0) is 30.9 Å². The number of para-hydroxylation sites is 1. The maximum atomic E-state index is 13.2. The molecule has 1 aliphatic rings. The van der Waals surface area contributed by atoms with Crippen LogP contribution < -0.4 is 10.6 Å². The zero-order valence-electron chi connectivity index (χ0n) is 9.32. The van der Waals surface area contributed by atoms with Gasteiger partial charge in [-0.25, -0.2) is 9.18 Å². The lowest BCUT2D eigenvalue weighted by molar-refractivity contribution is 0.0443. The van der Waals surface area contributed by atoms with Gasteiger partial charge in [-0.3, -0.25) is 0 Å². The fourth-order valence-corrected chi connectivity index (χ4v) is 1.83. The fourth-order valence-electron chi connectivity index (χ4n) is 1.83. The summed E-state index contributed by atoms with van der Waals surface area (Å²) in [5, 5.41) is 14.2. The van der Waals surface area contributed by atoms with Crippen LogP contribution >= 0.6 is 0 Å². The fraction of sp³-hybridized carbons (Fsp3) is 0.417. The number of carbonyl (C=O) groups excluding carboxylic acids is 1. The summed E-state index contributed by atoms with van der Waals surface area (Å²) in [6, 6.07) is 5.59. The monoisotopic (exact) mass is 238 g/mol. The third-order valence-corrected chi connectivity index (χ3v) is 2.88. The Labute approximate surface area is 98.8 Å². The van der Waals surface area contributed by atoms with E-state index in [1.54, 1.807) is 12.1 Å². The molecule has 0 atom stereocenters. The van der Waals surface area contributed by atoms with Crippen LogP contribution in [0.2, 0.25) is 0 Å². The average Bonchev–Trinajstić information content (AvgIpc) is 2.26. The highest BCUT2D eigenvalue weighted by Crippen LogP contribution is 2.26. The van der Waals surface area contributed by atoms with Crippen molar-refractivity contribution in [1.29, 1.82) is 0 Å². The van der Waals surface area contributed by atoms with E-state index in [1.807, 2.05) is 0 Å². The summed E-state index contributed by atoms with van der Waals surface area (Å²) < 4.78 is 13.2. The van der Waals surface area contributed by atoms with E-state index < -0.39 is 11.8 Å². The first-order chi connectivity index (χ1) is 8.15. The molecule has 17 heavy (non-hydrogen) atoms. The predicted molar refractivity (Wildman–Crippen MR) is 62.2 cm³/mol. The second-order valence-electron chi connectivity index (χ2n) is 4.31. The molecule has 1 saturated carbocycles. The molecule has 0 saturated heterocycles. The van der Waals surface area contributed by atoms with Crippen molar-refractivity contribution in [2.75, 3.05) is 11.9 Å². The van der Waals surface area contributed by atoms with Crippen molar-refractivity contribution in [2.45, 2.75) is 18.9 Å². The largest absolute Gasteiger partial charge is 0.393 e. The lowest BCUT2D eigenvalue weighted by Gasteiger charge is -2.31. The van der Waals surface area contributed by atoms with Crippen molar-refractivity contribution in [3.8, 4) is 0 Å². The number of nitrogens with one attached hydrogen (secondary N) is 2.